The van der Waals surface area contributed by atoms with E-state index in [0.717, 1.165) is 24.7 Å². The number of oxazole rings is 1. The van der Waals surface area contributed by atoms with Crippen molar-refractivity contribution in [3.8, 4) is 0 Å². The Bertz CT molecular complexity index is 458. The van der Waals surface area contributed by atoms with Gasteiger partial charge in [0.2, 0.25) is 5.89 Å². The molecular weight excluding hydrogens is 264 g/mol. The minimum Gasteiger partial charge on any atom is -0.447 e. The lowest BCUT2D eigenvalue weighted by Crippen LogP contribution is -2.46. The number of morpholine rings is 1. The minimum absolute atomic E-state index is 0.0347. The highest BCUT2D eigenvalue weighted by atomic mass is 16.5. The van der Waals surface area contributed by atoms with Crippen LogP contribution in [0.15, 0.2) is 10.7 Å². The van der Waals surface area contributed by atoms with Gasteiger partial charge in [-0.15, -0.1) is 0 Å². The van der Waals surface area contributed by atoms with Crippen molar-refractivity contribution in [1.82, 2.24) is 9.88 Å². The Morgan fingerprint density at radius 2 is 1.95 bits per heavy atom. The molecule has 2 heterocycles. The number of aromatic nitrogens is 1. The van der Waals surface area contributed by atoms with Gasteiger partial charge < -0.3 is 9.15 Å². The molecule has 0 amide bonds. The van der Waals surface area contributed by atoms with Crippen molar-refractivity contribution in [2.45, 2.75) is 70.4 Å². The fraction of sp³-hybridized carbons (Fsp3) is 0.824. The number of hydrogen-bond acceptors (Lipinski definition) is 4. The molecule has 3 rings (SSSR count). The molecular formula is C17H28N2O2. The molecule has 0 unspecified atom stereocenters. The molecule has 2 aliphatic rings. The van der Waals surface area contributed by atoms with Crippen molar-refractivity contribution in [3.63, 3.8) is 0 Å². The maximum atomic E-state index is 5.82. The highest BCUT2D eigenvalue weighted by Crippen LogP contribution is 2.33. The summed E-state index contributed by atoms with van der Waals surface area (Å²) in [5.74, 6) is 0.838. The van der Waals surface area contributed by atoms with Crippen molar-refractivity contribution < 1.29 is 9.15 Å². The number of rotatable bonds is 2. The summed E-state index contributed by atoms with van der Waals surface area (Å²) >= 11 is 0. The minimum atomic E-state index is 0.0347. The van der Waals surface area contributed by atoms with E-state index in [1.165, 1.54) is 32.1 Å². The van der Waals surface area contributed by atoms with E-state index in [1.807, 2.05) is 6.26 Å². The van der Waals surface area contributed by atoms with Crippen LogP contribution in [0.5, 0.6) is 0 Å². The Hall–Kier alpha value is -0.870. The summed E-state index contributed by atoms with van der Waals surface area (Å²) in [7, 11) is 0. The average Bonchev–Trinajstić information content (AvgIpc) is 2.98. The standard InChI is InChI=1S/C17H28N2O2/c1-17(2,3)15-12-21-16(18-15)14-11-20-10-9-19(14)13-7-5-4-6-8-13/h12-14H,4-11H2,1-3H3/t14-/m0/s1. The third-order valence-corrected chi connectivity index (χ3v) is 4.79. The number of ether oxygens (including phenoxy) is 1. The van der Waals surface area contributed by atoms with Crippen molar-refractivity contribution >= 4 is 0 Å². The van der Waals surface area contributed by atoms with Gasteiger partial charge in [0.15, 0.2) is 0 Å². The largest absolute Gasteiger partial charge is 0.447 e. The Balaban J connectivity index is 1.78. The van der Waals surface area contributed by atoms with Crippen LogP contribution in [0.3, 0.4) is 0 Å². The first-order valence-electron chi connectivity index (χ1n) is 8.35. The van der Waals surface area contributed by atoms with Crippen LogP contribution in [0.4, 0.5) is 0 Å². The van der Waals surface area contributed by atoms with E-state index in [9.17, 15) is 0 Å². The Morgan fingerprint density at radius 1 is 1.19 bits per heavy atom. The van der Waals surface area contributed by atoms with Gasteiger partial charge in [-0.3, -0.25) is 4.90 Å². The zero-order chi connectivity index (χ0) is 14.9. The molecule has 0 N–H and O–H groups in total. The highest BCUT2D eigenvalue weighted by molar-refractivity contribution is 5.10. The van der Waals surface area contributed by atoms with Gasteiger partial charge >= 0.3 is 0 Å². The van der Waals surface area contributed by atoms with Gasteiger partial charge in [0.25, 0.3) is 0 Å². The zero-order valence-corrected chi connectivity index (χ0v) is 13.6. The summed E-state index contributed by atoms with van der Waals surface area (Å²) in [6, 6.07) is 0.871. The SMILES string of the molecule is CC(C)(C)c1coc([C@@H]2COCCN2C2CCCCC2)n1. The van der Waals surface area contributed by atoms with Crippen LogP contribution in [0.2, 0.25) is 0 Å². The molecule has 0 bridgehead atoms. The highest BCUT2D eigenvalue weighted by Gasteiger charge is 2.34. The van der Waals surface area contributed by atoms with Crippen molar-refractivity contribution in [2.75, 3.05) is 19.8 Å². The maximum absolute atomic E-state index is 5.82. The molecule has 1 aromatic rings. The van der Waals surface area contributed by atoms with E-state index in [4.69, 9.17) is 14.1 Å². The first-order chi connectivity index (χ1) is 10.1. The predicted molar refractivity (Wildman–Crippen MR) is 82.3 cm³/mol. The lowest BCUT2D eigenvalue weighted by molar-refractivity contribution is -0.0461. The molecule has 1 aliphatic carbocycles. The molecule has 0 spiro atoms. The number of nitrogens with zero attached hydrogens (tertiary/aromatic N) is 2. The maximum Gasteiger partial charge on any atom is 0.214 e. The average molecular weight is 292 g/mol. The van der Waals surface area contributed by atoms with E-state index in [2.05, 4.69) is 25.7 Å². The van der Waals surface area contributed by atoms with Crippen molar-refractivity contribution in [3.05, 3.63) is 17.8 Å². The molecule has 0 radical (unpaired) electrons. The summed E-state index contributed by atoms with van der Waals surface area (Å²) in [5.41, 5.74) is 1.07. The van der Waals surface area contributed by atoms with E-state index in [-0.39, 0.29) is 11.5 Å². The number of hydrogen-bond donors (Lipinski definition) is 0. The van der Waals surface area contributed by atoms with Gasteiger partial charge in [0, 0.05) is 18.0 Å². The molecule has 0 aromatic carbocycles. The molecule has 1 aliphatic heterocycles. The molecule has 1 aromatic heterocycles. The van der Waals surface area contributed by atoms with Gasteiger partial charge in [-0.2, -0.15) is 0 Å². The topological polar surface area (TPSA) is 38.5 Å². The molecule has 1 saturated carbocycles. The molecule has 21 heavy (non-hydrogen) atoms. The lowest BCUT2D eigenvalue weighted by atomic mass is 9.92. The van der Waals surface area contributed by atoms with Crippen molar-refractivity contribution in [1.29, 1.82) is 0 Å². The fourth-order valence-electron chi connectivity index (χ4n) is 3.46. The summed E-state index contributed by atoms with van der Waals surface area (Å²) in [6.07, 6.45) is 8.54. The molecule has 1 saturated heterocycles. The van der Waals surface area contributed by atoms with E-state index in [0.29, 0.717) is 12.6 Å². The predicted octanol–water partition coefficient (Wildman–Crippen LogP) is 3.68. The van der Waals surface area contributed by atoms with Crippen LogP contribution in [-0.4, -0.2) is 35.7 Å². The molecule has 1 atom stereocenters. The smallest absolute Gasteiger partial charge is 0.214 e. The third kappa shape index (κ3) is 3.32. The van der Waals surface area contributed by atoms with Crippen LogP contribution in [0, 0.1) is 0 Å². The van der Waals surface area contributed by atoms with Crippen LogP contribution in [0.25, 0.3) is 0 Å². The van der Waals surface area contributed by atoms with Gasteiger partial charge in [-0.05, 0) is 12.8 Å². The molecule has 4 heteroatoms. The van der Waals surface area contributed by atoms with Crippen LogP contribution in [-0.2, 0) is 10.2 Å². The summed E-state index contributed by atoms with van der Waals surface area (Å²) in [5, 5.41) is 0. The van der Waals surface area contributed by atoms with Gasteiger partial charge in [0.05, 0.1) is 18.9 Å². The molecule has 4 nitrogen and oxygen atoms in total. The monoisotopic (exact) mass is 292 g/mol. The third-order valence-electron chi connectivity index (χ3n) is 4.79. The Labute approximate surface area is 127 Å². The normalized spacial score (nSPS) is 26.1. The second-order valence-electron chi connectivity index (χ2n) is 7.44. The lowest BCUT2D eigenvalue weighted by Gasteiger charge is -2.41. The first kappa shape index (κ1) is 15.0. The Kier molecular flexibility index (Phi) is 4.36. The fourth-order valence-corrected chi connectivity index (χ4v) is 3.46. The quantitative estimate of drug-likeness (QED) is 0.833. The summed E-state index contributed by atoms with van der Waals surface area (Å²) in [4.78, 5) is 7.35. The zero-order valence-electron chi connectivity index (χ0n) is 13.6. The van der Waals surface area contributed by atoms with Gasteiger partial charge in [-0.1, -0.05) is 40.0 Å². The van der Waals surface area contributed by atoms with E-state index in [1.54, 1.807) is 0 Å². The van der Waals surface area contributed by atoms with Gasteiger partial charge in [-0.25, -0.2) is 4.98 Å². The van der Waals surface area contributed by atoms with Crippen LogP contribution >= 0.6 is 0 Å². The second-order valence-corrected chi connectivity index (χ2v) is 7.44. The second kappa shape index (κ2) is 6.09. The molecule has 2 fully saturated rings. The van der Waals surface area contributed by atoms with E-state index < -0.39 is 0 Å². The van der Waals surface area contributed by atoms with Crippen molar-refractivity contribution in [2.24, 2.45) is 0 Å². The van der Waals surface area contributed by atoms with E-state index >= 15 is 0 Å². The first-order valence-corrected chi connectivity index (χ1v) is 8.35. The summed E-state index contributed by atoms with van der Waals surface area (Å²) < 4.78 is 11.5. The van der Waals surface area contributed by atoms with Gasteiger partial charge in [0.1, 0.15) is 12.3 Å². The Morgan fingerprint density at radius 3 is 2.62 bits per heavy atom. The van der Waals surface area contributed by atoms with Crippen LogP contribution in [0.1, 0.15) is 70.5 Å². The van der Waals surface area contributed by atoms with Crippen LogP contribution < -0.4 is 0 Å². The molecule has 118 valence electrons. The summed E-state index contributed by atoms with van der Waals surface area (Å²) in [6.45, 7) is 9.06.